The van der Waals surface area contributed by atoms with Crippen molar-refractivity contribution in [2.75, 3.05) is 39.9 Å². The largest absolute Gasteiger partial charge is 0.383 e. The summed E-state index contributed by atoms with van der Waals surface area (Å²) in [5.74, 6) is 5.03. The van der Waals surface area contributed by atoms with E-state index in [1.165, 1.54) is 0 Å². The number of amides is 1. The van der Waals surface area contributed by atoms with Crippen molar-refractivity contribution in [2.45, 2.75) is 32.4 Å². The summed E-state index contributed by atoms with van der Waals surface area (Å²) in [6.07, 6.45) is 0. The fourth-order valence-corrected chi connectivity index (χ4v) is 2.31. The van der Waals surface area contributed by atoms with E-state index in [0.29, 0.717) is 6.61 Å². The Hall–Kier alpha value is -0.690. The molecular formula is C12H26N4O2. The highest BCUT2D eigenvalue weighted by Gasteiger charge is 2.31. The van der Waals surface area contributed by atoms with Crippen molar-refractivity contribution in [3.05, 3.63) is 0 Å². The first-order valence-corrected chi connectivity index (χ1v) is 6.38. The van der Waals surface area contributed by atoms with E-state index in [9.17, 15) is 4.79 Å². The lowest BCUT2D eigenvalue weighted by atomic mass is 10.0. The van der Waals surface area contributed by atoms with Gasteiger partial charge in [-0.25, -0.2) is 5.84 Å². The first kappa shape index (κ1) is 15.4. The molecule has 1 atom stereocenters. The topological polar surface area (TPSA) is 70.8 Å². The van der Waals surface area contributed by atoms with Crippen LogP contribution in [0.5, 0.6) is 0 Å². The van der Waals surface area contributed by atoms with Gasteiger partial charge in [-0.2, -0.15) is 0 Å². The Morgan fingerprint density at radius 3 is 2.28 bits per heavy atom. The normalized spacial score (nSPS) is 20.7. The van der Waals surface area contributed by atoms with Crippen LogP contribution >= 0.6 is 0 Å². The molecule has 1 unspecified atom stereocenters. The van der Waals surface area contributed by atoms with Gasteiger partial charge < -0.3 is 4.74 Å². The molecule has 1 aliphatic rings. The predicted octanol–water partition coefficient (Wildman–Crippen LogP) is -0.593. The molecule has 0 bridgehead atoms. The minimum Gasteiger partial charge on any atom is -0.383 e. The van der Waals surface area contributed by atoms with Crippen LogP contribution in [0, 0.1) is 0 Å². The van der Waals surface area contributed by atoms with Crippen LogP contribution in [0.2, 0.25) is 0 Å². The maximum Gasteiger partial charge on any atom is 0.253 e. The van der Waals surface area contributed by atoms with Crippen LogP contribution in [0.3, 0.4) is 0 Å². The van der Waals surface area contributed by atoms with Gasteiger partial charge in [-0.05, 0) is 20.8 Å². The highest BCUT2D eigenvalue weighted by atomic mass is 16.5. The van der Waals surface area contributed by atoms with E-state index in [-0.39, 0.29) is 17.5 Å². The number of nitrogens with two attached hydrogens (primary N) is 1. The van der Waals surface area contributed by atoms with Gasteiger partial charge in [-0.3, -0.25) is 20.0 Å². The average Bonchev–Trinajstić information content (AvgIpc) is 2.34. The molecule has 3 N–H and O–H groups in total. The average molecular weight is 258 g/mol. The number of carbonyl (C=O) groups excluding carboxylic acids is 1. The molecule has 0 aromatic carbocycles. The van der Waals surface area contributed by atoms with E-state index in [2.05, 4.69) is 36.0 Å². The van der Waals surface area contributed by atoms with Crippen molar-refractivity contribution in [1.82, 2.24) is 15.2 Å². The summed E-state index contributed by atoms with van der Waals surface area (Å²) < 4.78 is 5.10. The summed E-state index contributed by atoms with van der Waals surface area (Å²) in [5.41, 5.74) is 2.39. The van der Waals surface area contributed by atoms with E-state index in [0.717, 1.165) is 26.2 Å². The number of nitrogens with zero attached hydrogens (tertiary/aromatic N) is 2. The zero-order chi connectivity index (χ0) is 13.8. The predicted molar refractivity (Wildman–Crippen MR) is 70.9 cm³/mol. The molecule has 6 nitrogen and oxygen atoms in total. The fraction of sp³-hybridized carbons (Fsp3) is 0.917. The number of carbonyl (C=O) groups is 1. The van der Waals surface area contributed by atoms with Gasteiger partial charge in [0.25, 0.3) is 5.91 Å². The van der Waals surface area contributed by atoms with E-state index < -0.39 is 0 Å². The molecule has 1 heterocycles. The minimum atomic E-state index is -0.290. The van der Waals surface area contributed by atoms with Crippen LogP contribution in [0.15, 0.2) is 0 Å². The summed E-state index contributed by atoms with van der Waals surface area (Å²) in [6, 6.07) is -0.290. The standard InChI is InChI=1S/C12H26N4O2/c1-12(2,3)16-7-5-15(6-8-16)10(9-18-4)11(17)14-13/h10H,5-9,13H2,1-4H3,(H,14,17). The molecule has 0 aromatic rings. The number of ether oxygens (including phenoxy) is 1. The van der Waals surface area contributed by atoms with Crippen molar-refractivity contribution in [3.63, 3.8) is 0 Å². The molecule has 18 heavy (non-hydrogen) atoms. The molecule has 1 saturated heterocycles. The third kappa shape index (κ3) is 3.91. The first-order chi connectivity index (χ1) is 8.40. The van der Waals surface area contributed by atoms with Crippen molar-refractivity contribution in [2.24, 2.45) is 5.84 Å². The second-order valence-electron chi connectivity index (χ2n) is 5.67. The molecule has 0 aliphatic carbocycles. The Morgan fingerprint density at radius 1 is 1.33 bits per heavy atom. The summed E-state index contributed by atoms with van der Waals surface area (Å²) in [6.45, 7) is 10.6. The Kier molecular flexibility index (Phi) is 5.52. The van der Waals surface area contributed by atoms with Gasteiger partial charge in [0.05, 0.1) is 6.61 Å². The van der Waals surface area contributed by atoms with E-state index >= 15 is 0 Å². The zero-order valence-electron chi connectivity index (χ0n) is 11.9. The maximum absolute atomic E-state index is 11.7. The number of hydrazine groups is 1. The van der Waals surface area contributed by atoms with Crippen molar-refractivity contribution in [1.29, 1.82) is 0 Å². The van der Waals surface area contributed by atoms with Crippen molar-refractivity contribution < 1.29 is 9.53 Å². The Balaban J connectivity index is 2.56. The molecule has 1 fully saturated rings. The smallest absolute Gasteiger partial charge is 0.253 e. The molecule has 0 saturated carbocycles. The van der Waals surface area contributed by atoms with Crippen LogP contribution in [-0.2, 0) is 9.53 Å². The minimum absolute atomic E-state index is 0.180. The van der Waals surface area contributed by atoms with Gasteiger partial charge in [0, 0.05) is 38.8 Å². The molecule has 0 radical (unpaired) electrons. The lowest BCUT2D eigenvalue weighted by Crippen LogP contribution is -2.59. The molecule has 6 heteroatoms. The number of methoxy groups -OCH3 is 1. The molecular weight excluding hydrogens is 232 g/mol. The lowest BCUT2D eigenvalue weighted by Gasteiger charge is -2.44. The number of piperazine rings is 1. The van der Waals surface area contributed by atoms with Crippen LogP contribution in [-0.4, -0.2) is 67.2 Å². The van der Waals surface area contributed by atoms with Crippen LogP contribution in [0.4, 0.5) is 0 Å². The Morgan fingerprint density at radius 2 is 1.89 bits per heavy atom. The zero-order valence-corrected chi connectivity index (χ0v) is 11.9. The quantitative estimate of drug-likeness (QED) is 0.400. The summed E-state index contributed by atoms with van der Waals surface area (Å²) >= 11 is 0. The van der Waals surface area contributed by atoms with Gasteiger partial charge in [-0.1, -0.05) is 0 Å². The maximum atomic E-state index is 11.7. The van der Waals surface area contributed by atoms with Crippen molar-refractivity contribution in [3.8, 4) is 0 Å². The SMILES string of the molecule is COCC(C(=O)NN)N1CCN(C(C)(C)C)CC1. The second kappa shape index (κ2) is 6.47. The number of nitrogens with one attached hydrogen (secondary N) is 1. The van der Waals surface area contributed by atoms with E-state index in [4.69, 9.17) is 10.6 Å². The summed E-state index contributed by atoms with van der Waals surface area (Å²) in [4.78, 5) is 16.3. The van der Waals surface area contributed by atoms with Crippen molar-refractivity contribution >= 4 is 5.91 Å². The van der Waals surface area contributed by atoms with Gasteiger partial charge in [0.2, 0.25) is 0 Å². The Bertz CT molecular complexity index is 270. The van der Waals surface area contributed by atoms with Crippen LogP contribution < -0.4 is 11.3 Å². The molecule has 106 valence electrons. The number of hydrogen-bond donors (Lipinski definition) is 2. The molecule has 0 aromatic heterocycles. The highest BCUT2D eigenvalue weighted by Crippen LogP contribution is 2.17. The molecule has 0 spiro atoms. The lowest BCUT2D eigenvalue weighted by molar-refractivity contribution is -0.129. The first-order valence-electron chi connectivity index (χ1n) is 6.38. The molecule has 1 rings (SSSR count). The number of rotatable bonds is 4. The monoisotopic (exact) mass is 258 g/mol. The third-order valence-corrected chi connectivity index (χ3v) is 3.47. The molecule has 1 amide bonds. The van der Waals surface area contributed by atoms with Crippen LogP contribution in [0.25, 0.3) is 0 Å². The second-order valence-corrected chi connectivity index (χ2v) is 5.67. The summed E-state index contributed by atoms with van der Waals surface area (Å²) in [7, 11) is 1.60. The highest BCUT2D eigenvalue weighted by molar-refractivity contribution is 5.81. The van der Waals surface area contributed by atoms with Gasteiger partial charge >= 0.3 is 0 Å². The summed E-state index contributed by atoms with van der Waals surface area (Å²) in [5, 5.41) is 0. The van der Waals surface area contributed by atoms with E-state index in [1.807, 2.05) is 0 Å². The molecule has 1 aliphatic heterocycles. The van der Waals surface area contributed by atoms with Gasteiger partial charge in [0.15, 0.2) is 0 Å². The third-order valence-electron chi connectivity index (χ3n) is 3.47. The van der Waals surface area contributed by atoms with Crippen LogP contribution in [0.1, 0.15) is 20.8 Å². The fourth-order valence-electron chi connectivity index (χ4n) is 2.31. The van der Waals surface area contributed by atoms with Gasteiger partial charge in [-0.15, -0.1) is 0 Å². The Labute approximate surface area is 109 Å². The van der Waals surface area contributed by atoms with Gasteiger partial charge in [0.1, 0.15) is 6.04 Å². The van der Waals surface area contributed by atoms with E-state index in [1.54, 1.807) is 7.11 Å². The number of hydrogen-bond acceptors (Lipinski definition) is 5.